The third-order valence-corrected chi connectivity index (χ3v) is 4.33. The fraction of sp³-hybridized carbons (Fsp3) is 0.562. The molecule has 1 aromatic carbocycles. The molecule has 1 N–H and O–H groups in total. The van der Waals surface area contributed by atoms with Crippen LogP contribution in [0.2, 0.25) is 0 Å². The van der Waals surface area contributed by atoms with Crippen molar-refractivity contribution in [1.29, 1.82) is 0 Å². The summed E-state index contributed by atoms with van der Waals surface area (Å²) >= 11 is 0. The highest BCUT2D eigenvalue weighted by atomic mass is 16.3. The van der Waals surface area contributed by atoms with Crippen molar-refractivity contribution in [3.8, 4) is 0 Å². The number of fused-ring (bicyclic) bond motifs is 1. The van der Waals surface area contributed by atoms with E-state index in [1.165, 1.54) is 11.1 Å². The molecule has 0 radical (unpaired) electrons. The Labute approximate surface area is 109 Å². The second-order valence-electron chi connectivity index (χ2n) is 6.34. The Kier molecular flexibility index (Phi) is 2.90. The number of benzene rings is 1. The van der Waals surface area contributed by atoms with Crippen LogP contribution in [-0.2, 0) is 16.8 Å². The zero-order valence-electron chi connectivity index (χ0n) is 11.9. The van der Waals surface area contributed by atoms with E-state index < -0.39 is 11.0 Å². The van der Waals surface area contributed by atoms with Gasteiger partial charge in [0.1, 0.15) is 11.4 Å². The third kappa shape index (κ3) is 1.63. The van der Waals surface area contributed by atoms with Gasteiger partial charge in [0.25, 0.3) is 0 Å². The standard InChI is InChI=1S/C16H22O2/c1-10(2)14(17)15(4,5)16(18)9-12-8-11(3)6-7-13(12)16/h6-8,10,18H,9H2,1-5H3. The average molecular weight is 246 g/mol. The van der Waals surface area contributed by atoms with Crippen LogP contribution in [0.1, 0.15) is 44.4 Å². The highest BCUT2D eigenvalue weighted by Gasteiger charge is 2.55. The Hall–Kier alpha value is -1.15. The number of hydrogen-bond donors (Lipinski definition) is 1. The fourth-order valence-electron chi connectivity index (χ4n) is 3.02. The number of aryl methyl sites for hydroxylation is 1. The van der Waals surface area contributed by atoms with Crippen LogP contribution in [0.5, 0.6) is 0 Å². The smallest absolute Gasteiger partial charge is 0.144 e. The van der Waals surface area contributed by atoms with Gasteiger partial charge in [0.15, 0.2) is 0 Å². The molecule has 1 aliphatic carbocycles. The summed E-state index contributed by atoms with van der Waals surface area (Å²) in [7, 11) is 0. The van der Waals surface area contributed by atoms with E-state index in [1.807, 2.05) is 46.8 Å². The first-order chi connectivity index (χ1) is 8.20. The van der Waals surface area contributed by atoms with E-state index in [2.05, 4.69) is 6.07 Å². The van der Waals surface area contributed by atoms with Gasteiger partial charge in [-0.3, -0.25) is 4.79 Å². The molecular weight excluding hydrogens is 224 g/mol. The maximum atomic E-state index is 12.3. The minimum atomic E-state index is -1.00. The monoisotopic (exact) mass is 246 g/mol. The zero-order chi connectivity index (χ0) is 13.7. The molecule has 0 spiro atoms. The number of aliphatic hydroxyl groups is 1. The summed E-state index contributed by atoms with van der Waals surface area (Å²) in [6.07, 6.45) is 0.579. The molecular formula is C16H22O2. The number of ketones is 1. The summed E-state index contributed by atoms with van der Waals surface area (Å²) in [5, 5.41) is 10.9. The summed E-state index contributed by atoms with van der Waals surface area (Å²) in [4.78, 5) is 12.3. The SMILES string of the molecule is Cc1ccc2c(c1)CC2(O)C(C)(C)C(=O)C(C)C. The lowest BCUT2D eigenvalue weighted by Crippen LogP contribution is -2.55. The first-order valence-corrected chi connectivity index (χ1v) is 6.57. The summed E-state index contributed by atoms with van der Waals surface area (Å²) in [6.45, 7) is 9.54. The molecule has 1 aromatic rings. The number of hydrogen-bond acceptors (Lipinski definition) is 2. The normalized spacial score (nSPS) is 22.6. The highest BCUT2D eigenvalue weighted by molar-refractivity contribution is 5.88. The predicted molar refractivity (Wildman–Crippen MR) is 72.4 cm³/mol. The number of carbonyl (C=O) groups excluding carboxylic acids is 1. The number of rotatable bonds is 3. The van der Waals surface area contributed by atoms with E-state index in [0.29, 0.717) is 6.42 Å². The van der Waals surface area contributed by atoms with Gasteiger partial charge >= 0.3 is 0 Å². The minimum absolute atomic E-state index is 0.0569. The molecule has 1 aliphatic rings. The molecule has 0 heterocycles. The molecule has 0 saturated heterocycles. The van der Waals surface area contributed by atoms with E-state index in [1.54, 1.807) is 0 Å². The second-order valence-corrected chi connectivity index (χ2v) is 6.34. The van der Waals surface area contributed by atoms with Crippen LogP contribution in [0.15, 0.2) is 18.2 Å². The van der Waals surface area contributed by atoms with Gasteiger partial charge in [-0.15, -0.1) is 0 Å². The Morgan fingerprint density at radius 1 is 1.39 bits per heavy atom. The second kappa shape index (κ2) is 3.92. The summed E-state index contributed by atoms with van der Waals surface area (Å²) in [6, 6.07) is 6.06. The van der Waals surface area contributed by atoms with E-state index in [4.69, 9.17) is 0 Å². The van der Waals surface area contributed by atoms with Gasteiger partial charge in [0, 0.05) is 12.3 Å². The van der Waals surface area contributed by atoms with Crippen LogP contribution >= 0.6 is 0 Å². The van der Waals surface area contributed by atoms with Crippen LogP contribution in [0, 0.1) is 18.3 Å². The molecule has 1 unspecified atom stereocenters. The average Bonchev–Trinajstić information content (AvgIpc) is 2.26. The third-order valence-electron chi connectivity index (χ3n) is 4.33. The van der Waals surface area contributed by atoms with Crippen molar-refractivity contribution in [2.45, 2.75) is 46.6 Å². The molecule has 0 aromatic heterocycles. The lowest BCUT2D eigenvalue weighted by molar-refractivity contribution is -0.153. The van der Waals surface area contributed by atoms with Gasteiger partial charge in [0.05, 0.1) is 5.41 Å². The van der Waals surface area contributed by atoms with E-state index in [0.717, 1.165) is 5.56 Å². The van der Waals surface area contributed by atoms with Crippen LogP contribution in [0.3, 0.4) is 0 Å². The van der Waals surface area contributed by atoms with Gasteiger partial charge < -0.3 is 5.11 Å². The zero-order valence-corrected chi connectivity index (χ0v) is 11.9. The van der Waals surface area contributed by atoms with Crippen molar-refractivity contribution in [3.05, 3.63) is 34.9 Å². The van der Waals surface area contributed by atoms with Crippen LogP contribution in [0.25, 0.3) is 0 Å². The molecule has 0 amide bonds. The Morgan fingerprint density at radius 3 is 2.50 bits per heavy atom. The van der Waals surface area contributed by atoms with Gasteiger partial charge in [-0.2, -0.15) is 0 Å². The van der Waals surface area contributed by atoms with Gasteiger partial charge in [-0.25, -0.2) is 0 Å². The lowest BCUT2D eigenvalue weighted by Gasteiger charge is -2.50. The van der Waals surface area contributed by atoms with E-state index >= 15 is 0 Å². The van der Waals surface area contributed by atoms with Crippen molar-refractivity contribution >= 4 is 5.78 Å². The Morgan fingerprint density at radius 2 is 2.00 bits per heavy atom. The molecule has 2 heteroatoms. The lowest BCUT2D eigenvalue weighted by atomic mass is 9.57. The van der Waals surface area contributed by atoms with E-state index in [-0.39, 0.29) is 11.7 Å². The fourth-order valence-corrected chi connectivity index (χ4v) is 3.02. The van der Waals surface area contributed by atoms with Crippen molar-refractivity contribution in [1.82, 2.24) is 0 Å². The van der Waals surface area contributed by atoms with Crippen LogP contribution in [-0.4, -0.2) is 10.9 Å². The van der Waals surface area contributed by atoms with Crippen LogP contribution in [0.4, 0.5) is 0 Å². The summed E-state index contributed by atoms with van der Waals surface area (Å²) in [5.74, 6) is 0.0646. The van der Waals surface area contributed by atoms with Gasteiger partial charge in [-0.1, -0.05) is 37.6 Å². The van der Waals surface area contributed by atoms with Crippen molar-refractivity contribution in [2.75, 3.05) is 0 Å². The molecule has 0 saturated carbocycles. The minimum Gasteiger partial charge on any atom is -0.384 e. The molecule has 0 fully saturated rings. The molecule has 98 valence electrons. The Balaban J connectivity index is 2.41. The maximum Gasteiger partial charge on any atom is 0.144 e. The predicted octanol–water partition coefficient (Wildman–Crippen LogP) is 2.99. The first kappa shape index (κ1) is 13.3. The number of carbonyl (C=O) groups is 1. The molecule has 18 heavy (non-hydrogen) atoms. The van der Waals surface area contributed by atoms with Gasteiger partial charge in [-0.05, 0) is 31.9 Å². The molecule has 2 rings (SSSR count). The molecule has 0 bridgehead atoms. The highest BCUT2D eigenvalue weighted by Crippen LogP contribution is 2.52. The van der Waals surface area contributed by atoms with Crippen LogP contribution < -0.4 is 0 Å². The summed E-state index contributed by atoms with van der Waals surface area (Å²) in [5.41, 5.74) is 1.55. The molecule has 2 nitrogen and oxygen atoms in total. The largest absolute Gasteiger partial charge is 0.384 e. The van der Waals surface area contributed by atoms with Gasteiger partial charge in [0.2, 0.25) is 0 Å². The first-order valence-electron chi connectivity index (χ1n) is 6.57. The molecule has 1 atom stereocenters. The Bertz CT molecular complexity index is 500. The summed E-state index contributed by atoms with van der Waals surface area (Å²) < 4.78 is 0. The maximum absolute atomic E-state index is 12.3. The van der Waals surface area contributed by atoms with Crippen molar-refractivity contribution in [2.24, 2.45) is 11.3 Å². The van der Waals surface area contributed by atoms with Crippen molar-refractivity contribution in [3.63, 3.8) is 0 Å². The van der Waals surface area contributed by atoms with E-state index in [9.17, 15) is 9.90 Å². The molecule has 0 aliphatic heterocycles. The topological polar surface area (TPSA) is 37.3 Å². The van der Waals surface area contributed by atoms with Crippen molar-refractivity contribution < 1.29 is 9.90 Å². The number of Topliss-reactive ketones (excluding diaryl/α,β-unsaturated/α-hetero) is 1. The quantitative estimate of drug-likeness (QED) is 0.890.